The van der Waals surface area contributed by atoms with Gasteiger partial charge in [-0.1, -0.05) is 127 Å². The smallest absolute Gasteiger partial charge is 0.160 e. The topological polar surface area (TPSA) is 30.7 Å². The Morgan fingerprint density at radius 1 is 0.479 bits per heavy atom. The number of aromatic nitrogens is 3. The number of hydrogen-bond acceptors (Lipinski definition) is 3. The third-order valence-corrected chi connectivity index (χ3v) is 10.5. The average molecular weight is 630 g/mol. The molecule has 0 saturated heterocycles. The maximum absolute atomic E-state index is 5.32. The number of rotatable bonds is 4. The summed E-state index contributed by atoms with van der Waals surface area (Å²) in [6, 6.07) is 58.4. The molecule has 3 nitrogen and oxygen atoms in total. The second-order valence-corrected chi connectivity index (χ2v) is 13.3. The van der Waals surface area contributed by atoms with E-state index in [-0.39, 0.29) is 0 Å². The largest absolute Gasteiger partial charge is 0.309 e. The average Bonchev–Trinajstić information content (AvgIpc) is 3.71. The van der Waals surface area contributed by atoms with Crippen molar-refractivity contribution in [1.82, 2.24) is 14.5 Å². The first-order valence-electron chi connectivity index (χ1n) is 16.2. The van der Waals surface area contributed by atoms with Gasteiger partial charge in [-0.25, -0.2) is 9.97 Å². The summed E-state index contributed by atoms with van der Waals surface area (Å²) >= 11 is 1.78. The number of benzene rings is 7. The molecule has 0 saturated carbocycles. The Kier molecular flexibility index (Phi) is 6.05. The van der Waals surface area contributed by atoms with E-state index in [0.29, 0.717) is 0 Å². The minimum atomic E-state index is 0.736. The molecule has 4 heteroatoms. The van der Waals surface area contributed by atoms with Gasteiger partial charge in [-0.05, 0) is 58.3 Å². The highest BCUT2D eigenvalue weighted by atomic mass is 32.1. The Morgan fingerprint density at radius 2 is 1.17 bits per heavy atom. The molecule has 3 heterocycles. The zero-order valence-corrected chi connectivity index (χ0v) is 26.7. The Bertz CT molecular complexity index is 2790. The van der Waals surface area contributed by atoms with Crippen molar-refractivity contribution in [3.05, 3.63) is 164 Å². The van der Waals surface area contributed by atoms with Crippen molar-refractivity contribution in [2.24, 2.45) is 0 Å². The SMILES string of the molecule is c1ccc(-c2nc(-c3ccc4ccccc4c3)c3sc4cccc(-c5cccc(-n6c7ccccc7c7ccccc76)c5)c4c3n2)cc1. The van der Waals surface area contributed by atoms with E-state index in [1.54, 1.807) is 11.3 Å². The zero-order valence-electron chi connectivity index (χ0n) is 25.8. The third-order valence-electron chi connectivity index (χ3n) is 9.39. The van der Waals surface area contributed by atoms with Gasteiger partial charge in [-0.2, -0.15) is 0 Å². The summed E-state index contributed by atoms with van der Waals surface area (Å²) in [6.07, 6.45) is 0. The van der Waals surface area contributed by atoms with Crippen molar-refractivity contribution in [3.8, 4) is 39.5 Å². The van der Waals surface area contributed by atoms with Gasteiger partial charge < -0.3 is 4.57 Å². The van der Waals surface area contributed by atoms with Crippen LogP contribution in [0.3, 0.4) is 0 Å². The van der Waals surface area contributed by atoms with Crippen LogP contribution in [0.25, 0.3) is 92.3 Å². The summed E-state index contributed by atoms with van der Waals surface area (Å²) < 4.78 is 4.69. The van der Waals surface area contributed by atoms with Crippen LogP contribution in [0.2, 0.25) is 0 Å². The molecule has 10 rings (SSSR count). The summed E-state index contributed by atoms with van der Waals surface area (Å²) in [4.78, 5) is 10.6. The van der Waals surface area contributed by atoms with Crippen LogP contribution < -0.4 is 0 Å². The van der Waals surface area contributed by atoms with Gasteiger partial charge in [0.05, 0.1) is 26.9 Å². The summed E-state index contributed by atoms with van der Waals surface area (Å²) in [6.45, 7) is 0. The van der Waals surface area contributed by atoms with Gasteiger partial charge in [0.1, 0.15) is 0 Å². The Labute approximate surface area is 281 Å². The van der Waals surface area contributed by atoms with E-state index in [9.17, 15) is 0 Å². The third kappa shape index (κ3) is 4.20. The maximum atomic E-state index is 5.32. The van der Waals surface area contributed by atoms with E-state index in [1.165, 1.54) is 48.2 Å². The molecule has 0 unspecified atom stereocenters. The van der Waals surface area contributed by atoms with E-state index in [0.717, 1.165) is 44.1 Å². The molecule has 0 atom stereocenters. The zero-order chi connectivity index (χ0) is 31.6. The fourth-order valence-electron chi connectivity index (χ4n) is 7.19. The summed E-state index contributed by atoms with van der Waals surface area (Å²) in [7, 11) is 0. The minimum absolute atomic E-state index is 0.736. The van der Waals surface area contributed by atoms with E-state index in [1.807, 2.05) is 6.07 Å². The van der Waals surface area contributed by atoms with Gasteiger partial charge in [0.25, 0.3) is 0 Å². The van der Waals surface area contributed by atoms with Crippen molar-refractivity contribution in [2.75, 3.05) is 0 Å². The second kappa shape index (κ2) is 10.7. The normalized spacial score (nSPS) is 11.8. The predicted octanol–water partition coefficient (Wildman–Crippen LogP) is 12.1. The first-order chi connectivity index (χ1) is 23.8. The van der Waals surface area contributed by atoms with E-state index in [2.05, 4.69) is 162 Å². The van der Waals surface area contributed by atoms with E-state index in [4.69, 9.17) is 9.97 Å². The molecule has 3 aromatic heterocycles. The molecule has 0 bridgehead atoms. The van der Waals surface area contributed by atoms with Crippen molar-refractivity contribution in [1.29, 1.82) is 0 Å². The molecule has 0 N–H and O–H groups in total. The fraction of sp³-hybridized carbons (Fsp3) is 0. The molecular weight excluding hydrogens is 603 g/mol. The number of hydrogen-bond donors (Lipinski definition) is 0. The van der Waals surface area contributed by atoms with Crippen LogP contribution in [-0.2, 0) is 0 Å². The summed E-state index contributed by atoms with van der Waals surface area (Å²) in [5.41, 5.74) is 9.94. The Morgan fingerprint density at radius 3 is 1.98 bits per heavy atom. The summed E-state index contributed by atoms with van der Waals surface area (Å²) in [5.74, 6) is 0.736. The van der Waals surface area contributed by atoms with Crippen molar-refractivity contribution in [3.63, 3.8) is 0 Å². The molecule has 0 aliphatic rings. The van der Waals surface area contributed by atoms with E-state index >= 15 is 0 Å². The monoisotopic (exact) mass is 629 g/mol. The lowest BCUT2D eigenvalue weighted by Crippen LogP contribution is -1.95. The fourth-order valence-corrected chi connectivity index (χ4v) is 8.37. The number of nitrogens with zero attached hydrogens (tertiary/aromatic N) is 3. The molecule has 0 fully saturated rings. The minimum Gasteiger partial charge on any atom is -0.309 e. The highest BCUT2D eigenvalue weighted by Crippen LogP contribution is 2.44. The molecule has 0 aliphatic carbocycles. The maximum Gasteiger partial charge on any atom is 0.160 e. The number of para-hydroxylation sites is 2. The van der Waals surface area contributed by atoms with Gasteiger partial charge in [0.15, 0.2) is 5.82 Å². The van der Waals surface area contributed by atoms with Crippen molar-refractivity contribution < 1.29 is 0 Å². The second-order valence-electron chi connectivity index (χ2n) is 12.2. The lowest BCUT2D eigenvalue weighted by molar-refractivity contribution is 1.18. The van der Waals surface area contributed by atoms with Gasteiger partial charge in [-0.3, -0.25) is 0 Å². The number of thiophene rings is 1. The van der Waals surface area contributed by atoms with Crippen LogP contribution in [0.5, 0.6) is 0 Å². The van der Waals surface area contributed by atoms with Crippen molar-refractivity contribution in [2.45, 2.75) is 0 Å². The lowest BCUT2D eigenvalue weighted by atomic mass is 9.99. The molecular formula is C44H27N3S. The van der Waals surface area contributed by atoms with E-state index < -0.39 is 0 Å². The van der Waals surface area contributed by atoms with Crippen LogP contribution >= 0.6 is 11.3 Å². The first kappa shape index (κ1) is 27.1. The molecule has 10 aromatic rings. The van der Waals surface area contributed by atoms with Crippen LogP contribution in [0.1, 0.15) is 0 Å². The predicted molar refractivity (Wildman–Crippen MR) is 203 cm³/mol. The Hall–Kier alpha value is -6.10. The van der Waals surface area contributed by atoms with Crippen LogP contribution in [0.15, 0.2) is 164 Å². The van der Waals surface area contributed by atoms with Gasteiger partial charge in [0, 0.05) is 37.7 Å². The molecule has 7 aromatic carbocycles. The molecule has 48 heavy (non-hydrogen) atoms. The standard InChI is InChI=1S/C44H27N3S/c1-2-13-29(14-3-1)44-45-41(32-25-24-28-12-4-5-15-30(28)26-32)43-42(46-44)40-34(20-11-23-39(40)48-43)31-16-10-17-33(27-31)47-37-21-8-6-18-35(37)36-19-7-9-22-38(36)47/h1-27H. The quantitative estimate of drug-likeness (QED) is 0.194. The molecule has 224 valence electrons. The van der Waals surface area contributed by atoms with Crippen LogP contribution in [-0.4, -0.2) is 14.5 Å². The summed E-state index contributed by atoms with van der Waals surface area (Å²) in [5, 5.41) is 6.10. The van der Waals surface area contributed by atoms with Crippen LogP contribution in [0.4, 0.5) is 0 Å². The van der Waals surface area contributed by atoms with Gasteiger partial charge in [-0.15, -0.1) is 11.3 Å². The molecule has 0 aliphatic heterocycles. The molecule has 0 spiro atoms. The first-order valence-corrected chi connectivity index (χ1v) is 17.0. The molecule has 0 radical (unpaired) electrons. The van der Waals surface area contributed by atoms with Gasteiger partial charge in [0.2, 0.25) is 0 Å². The van der Waals surface area contributed by atoms with Crippen LogP contribution in [0, 0.1) is 0 Å². The highest BCUT2D eigenvalue weighted by Gasteiger charge is 2.20. The lowest BCUT2D eigenvalue weighted by Gasteiger charge is -2.12. The number of fused-ring (bicyclic) bond motifs is 7. The highest BCUT2D eigenvalue weighted by molar-refractivity contribution is 7.26. The molecule has 0 amide bonds. The van der Waals surface area contributed by atoms with Gasteiger partial charge >= 0.3 is 0 Å². The van der Waals surface area contributed by atoms with Crippen molar-refractivity contribution >= 4 is 64.2 Å². The Balaban J connectivity index is 1.23.